The van der Waals surface area contributed by atoms with Crippen LogP contribution in [0.1, 0.15) is 42.5 Å². The molecule has 1 N–H and O–H groups in total. The molecule has 1 fully saturated rings. The van der Waals surface area contributed by atoms with Gasteiger partial charge in [0.05, 0.1) is 7.11 Å². The van der Waals surface area contributed by atoms with Crippen molar-refractivity contribution in [2.45, 2.75) is 39.2 Å². The van der Waals surface area contributed by atoms with E-state index in [9.17, 15) is 4.79 Å². The van der Waals surface area contributed by atoms with E-state index in [2.05, 4.69) is 26.9 Å². The third-order valence-electron chi connectivity index (χ3n) is 3.42. The van der Waals surface area contributed by atoms with E-state index in [4.69, 9.17) is 0 Å². The fraction of sp³-hybridized carbons (Fsp3) is 0.615. The topological polar surface area (TPSA) is 64.1 Å². The number of nitrogens with one attached hydrogen (secondary N) is 1. The van der Waals surface area contributed by atoms with Gasteiger partial charge in [0.1, 0.15) is 5.82 Å². The summed E-state index contributed by atoms with van der Waals surface area (Å²) in [5.41, 5.74) is 0.763. The number of ether oxygens (including phenoxy) is 1. The van der Waals surface area contributed by atoms with Crippen LogP contribution in [0.25, 0.3) is 0 Å². The van der Waals surface area contributed by atoms with Crippen LogP contribution in [0, 0.1) is 12.8 Å². The molecule has 2 unspecified atom stereocenters. The summed E-state index contributed by atoms with van der Waals surface area (Å²) in [5.74, 6) is 0.968. The average Bonchev–Trinajstić information content (AvgIpc) is 2.73. The number of aromatic nitrogens is 2. The molecular weight excluding hydrogens is 230 g/mol. The fourth-order valence-electron chi connectivity index (χ4n) is 2.37. The Bertz CT molecular complexity index is 448. The van der Waals surface area contributed by atoms with Crippen LogP contribution in [-0.2, 0) is 4.74 Å². The maximum atomic E-state index is 11.4. The number of hydrogen-bond donors (Lipinski definition) is 1. The maximum Gasteiger partial charge on any atom is 0.376 e. The first-order chi connectivity index (χ1) is 8.60. The van der Waals surface area contributed by atoms with Crippen LogP contribution in [0.3, 0.4) is 0 Å². The number of esters is 1. The normalized spacial score (nSPS) is 22.8. The van der Waals surface area contributed by atoms with E-state index < -0.39 is 5.97 Å². The van der Waals surface area contributed by atoms with E-state index in [0.29, 0.717) is 17.8 Å². The number of hydrogen-bond acceptors (Lipinski definition) is 5. The molecule has 2 atom stereocenters. The molecule has 1 aliphatic rings. The smallest absolute Gasteiger partial charge is 0.376 e. The van der Waals surface area contributed by atoms with Crippen LogP contribution in [-0.4, -0.2) is 29.1 Å². The Morgan fingerprint density at radius 1 is 1.44 bits per heavy atom. The minimum absolute atomic E-state index is 0.116. The first-order valence-corrected chi connectivity index (χ1v) is 6.30. The number of rotatable bonds is 3. The molecule has 1 heterocycles. The van der Waals surface area contributed by atoms with E-state index in [1.165, 1.54) is 20.0 Å². The van der Waals surface area contributed by atoms with Crippen molar-refractivity contribution < 1.29 is 9.53 Å². The average molecular weight is 249 g/mol. The van der Waals surface area contributed by atoms with Crippen LogP contribution in [0.5, 0.6) is 0 Å². The van der Waals surface area contributed by atoms with E-state index in [-0.39, 0.29) is 5.82 Å². The van der Waals surface area contributed by atoms with Crippen molar-refractivity contribution in [1.82, 2.24) is 9.97 Å². The van der Waals surface area contributed by atoms with Crippen LogP contribution in [0.2, 0.25) is 0 Å². The minimum Gasteiger partial charge on any atom is -0.463 e. The lowest BCUT2D eigenvalue weighted by Crippen LogP contribution is -2.23. The van der Waals surface area contributed by atoms with Crippen molar-refractivity contribution in [2.75, 3.05) is 12.4 Å². The molecule has 5 nitrogen and oxygen atoms in total. The highest BCUT2D eigenvalue weighted by atomic mass is 16.5. The van der Waals surface area contributed by atoms with Gasteiger partial charge >= 0.3 is 5.97 Å². The minimum atomic E-state index is -0.499. The first-order valence-electron chi connectivity index (χ1n) is 6.30. The third kappa shape index (κ3) is 2.78. The van der Waals surface area contributed by atoms with E-state index in [0.717, 1.165) is 12.1 Å². The van der Waals surface area contributed by atoms with Crippen molar-refractivity contribution in [3.8, 4) is 0 Å². The van der Waals surface area contributed by atoms with Gasteiger partial charge in [-0.3, -0.25) is 0 Å². The molecule has 1 aliphatic carbocycles. The van der Waals surface area contributed by atoms with Gasteiger partial charge in [-0.1, -0.05) is 13.3 Å². The monoisotopic (exact) mass is 249 g/mol. The van der Waals surface area contributed by atoms with Gasteiger partial charge in [-0.05, 0) is 25.7 Å². The molecule has 0 bridgehead atoms. The molecule has 0 amide bonds. The van der Waals surface area contributed by atoms with Crippen molar-refractivity contribution >= 4 is 11.8 Å². The van der Waals surface area contributed by atoms with Crippen LogP contribution < -0.4 is 5.32 Å². The molecule has 98 valence electrons. The second kappa shape index (κ2) is 5.33. The zero-order chi connectivity index (χ0) is 13.1. The molecule has 0 radical (unpaired) electrons. The number of carbonyl (C=O) groups excluding carboxylic acids is 1. The largest absolute Gasteiger partial charge is 0.463 e. The molecule has 1 aromatic rings. The summed E-state index contributed by atoms with van der Waals surface area (Å²) in [4.78, 5) is 19.7. The number of methoxy groups -OCH3 is 1. The fourth-order valence-corrected chi connectivity index (χ4v) is 2.37. The van der Waals surface area contributed by atoms with E-state index in [1.54, 1.807) is 0 Å². The molecule has 18 heavy (non-hydrogen) atoms. The predicted octanol–water partition coefficient (Wildman–Crippen LogP) is 2.17. The Balaban J connectivity index is 2.17. The SMILES string of the molecule is COC(=O)c1nc(C)cc(NC2CCCC2C)n1. The lowest BCUT2D eigenvalue weighted by molar-refractivity contribution is 0.0586. The molecule has 5 heteroatoms. The zero-order valence-corrected chi connectivity index (χ0v) is 11.1. The molecule has 0 saturated heterocycles. The molecule has 1 saturated carbocycles. The van der Waals surface area contributed by atoms with Crippen molar-refractivity contribution in [2.24, 2.45) is 5.92 Å². The Hall–Kier alpha value is -1.65. The third-order valence-corrected chi connectivity index (χ3v) is 3.42. The van der Waals surface area contributed by atoms with Crippen LogP contribution in [0.15, 0.2) is 6.07 Å². The van der Waals surface area contributed by atoms with E-state index >= 15 is 0 Å². The number of nitrogens with zero attached hydrogens (tertiary/aromatic N) is 2. The molecule has 0 aromatic carbocycles. The van der Waals surface area contributed by atoms with Gasteiger partial charge in [-0.25, -0.2) is 14.8 Å². The highest BCUT2D eigenvalue weighted by molar-refractivity contribution is 5.85. The highest BCUT2D eigenvalue weighted by Crippen LogP contribution is 2.27. The van der Waals surface area contributed by atoms with Gasteiger partial charge < -0.3 is 10.1 Å². The van der Waals surface area contributed by atoms with Gasteiger partial charge in [0.2, 0.25) is 5.82 Å². The second-order valence-corrected chi connectivity index (χ2v) is 4.87. The van der Waals surface area contributed by atoms with Gasteiger partial charge in [0, 0.05) is 17.8 Å². The summed E-state index contributed by atoms with van der Waals surface area (Å²) in [7, 11) is 1.33. The van der Waals surface area contributed by atoms with Gasteiger partial charge in [0.25, 0.3) is 0 Å². The summed E-state index contributed by atoms with van der Waals surface area (Å²) in [6.07, 6.45) is 3.64. The molecule has 0 aliphatic heterocycles. The number of anilines is 1. The molecule has 1 aromatic heterocycles. The Morgan fingerprint density at radius 3 is 2.83 bits per heavy atom. The predicted molar refractivity (Wildman–Crippen MR) is 68.5 cm³/mol. The summed E-state index contributed by atoms with van der Waals surface area (Å²) in [5, 5.41) is 3.39. The zero-order valence-electron chi connectivity index (χ0n) is 11.1. The maximum absolute atomic E-state index is 11.4. The van der Waals surface area contributed by atoms with Crippen LogP contribution in [0.4, 0.5) is 5.82 Å². The summed E-state index contributed by atoms with van der Waals surface area (Å²) in [6, 6.07) is 2.29. The molecular formula is C13H19N3O2. The lowest BCUT2D eigenvalue weighted by Gasteiger charge is -2.18. The first kappa shape index (κ1) is 12.8. The highest BCUT2D eigenvalue weighted by Gasteiger charge is 2.24. The van der Waals surface area contributed by atoms with Gasteiger partial charge in [-0.2, -0.15) is 0 Å². The molecule has 0 spiro atoms. The quantitative estimate of drug-likeness (QED) is 0.832. The van der Waals surface area contributed by atoms with Gasteiger partial charge in [0.15, 0.2) is 0 Å². The Labute approximate surface area is 107 Å². The summed E-state index contributed by atoms with van der Waals surface area (Å²) < 4.78 is 4.65. The summed E-state index contributed by atoms with van der Waals surface area (Å²) in [6.45, 7) is 4.08. The number of aryl methyl sites for hydroxylation is 1. The Morgan fingerprint density at radius 2 is 2.22 bits per heavy atom. The van der Waals surface area contributed by atoms with Gasteiger partial charge in [-0.15, -0.1) is 0 Å². The lowest BCUT2D eigenvalue weighted by atomic mass is 10.1. The standard InChI is InChI=1S/C13H19N3O2/c1-8-5-4-6-10(8)15-11-7-9(2)14-12(16-11)13(17)18-3/h7-8,10H,4-6H2,1-3H3,(H,14,15,16). The van der Waals surface area contributed by atoms with Crippen molar-refractivity contribution in [1.29, 1.82) is 0 Å². The van der Waals surface area contributed by atoms with Crippen LogP contribution >= 0.6 is 0 Å². The Kier molecular flexibility index (Phi) is 3.79. The van der Waals surface area contributed by atoms with Crippen molar-refractivity contribution in [3.05, 3.63) is 17.6 Å². The summed E-state index contributed by atoms with van der Waals surface area (Å²) >= 11 is 0. The second-order valence-electron chi connectivity index (χ2n) is 4.87. The number of carbonyl (C=O) groups is 1. The van der Waals surface area contributed by atoms with E-state index in [1.807, 2.05) is 13.0 Å². The van der Waals surface area contributed by atoms with Crippen molar-refractivity contribution in [3.63, 3.8) is 0 Å². The molecule has 2 rings (SSSR count).